The molecule has 2 aliphatic rings. The number of halogens is 1. The van der Waals surface area contributed by atoms with Gasteiger partial charge in [0, 0.05) is 50.0 Å². The van der Waals surface area contributed by atoms with Gasteiger partial charge in [0.25, 0.3) is 0 Å². The fraction of sp³-hybridized carbons (Fsp3) is 0.350. The summed E-state index contributed by atoms with van der Waals surface area (Å²) in [6.07, 6.45) is 0.792. The van der Waals surface area contributed by atoms with E-state index in [-0.39, 0.29) is 16.5 Å². The summed E-state index contributed by atoms with van der Waals surface area (Å²) in [7, 11) is 2.13. The maximum absolute atomic E-state index is 11.7. The van der Waals surface area contributed by atoms with Crippen LogP contribution in [0.4, 0.5) is 5.69 Å². The highest BCUT2D eigenvalue weighted by Gasteiger charge is 2.33. The van der Waals surface area contributed by atoms with Crippen molar-refractivity contribution in [2.75, 3.05) is 38.1 Å². The number of nitrogens with zero attached hydrogens (tertiary/aromatic N) is 3. The van der Waals surface area contributed by atoms with E-state index in [0.717, 1.165) is 49.4 Å². The number of hydrogen-bond acceptors (Lipinski definition) is 5. The summed E-state index contributed by atoms with van der Waals surface area (Å²) < 4.78 is 0. The van der Waals surface area contributed by atoms with Gasteiger partial charge in [-0.3, -0.25) is 4.79 Å². The molecule has 2 heterocycles. The fourth-order valence-electron chi connectivity index (χ4n) is 3.95. The molecule has 1 saturated heterocycles. The first-order chi connectivity index (χ1) is 13.0. The van der Waals surface area contributed by atoms with Crippen LogP contribution >= 0.6 is 11.6 Å². The highest BCUT2D eigenvalue weighted by Crippen LogP contribution is 2.44. The average molecular weight is 388 g/mol. The Hall–Kier alpha value is -2.44. The predicted molar refractivity (Wildman–Crippen MR) is 104 cm³/mol. The van der Waals surface area contributed by atoms with Crippen molar-refractivity contribution in [2.24, 2.45) is 0 Å². The van der Waals surface area contributed by atoms with Crippen LogP contribution < -0.4 is 4.90 Å². The molecule has 0 radical (unpaired) electrons. The summed E-state index contributed by atoms with van der Waals surface area (Å²) in [4.78, 5) is 18.0. The van der Waals surface area contributed by atoms with E-state index in [9.17, 15) is 15.0 Å². The zero-order valence-corrected chi connectivity index (χ0v) is 15.9. The Labute approximate surface area is 163 Å². The number of carbonyl (C=O) groups is 1. The van der Waals surface area contributed by atoms with E-state index < -0.39 is 6.04 Å². The minimum atomic E-state index is -0.419. The summed E-state index contributed by atoms with van der Waals surface area (Å²) in [5, 5.41) is 20.2. The molecule has 0 bridgehead atoms. The lowest BCUT2D eigenvalue weighted by molar-refractivity contribution is -0.119. The molecule has 0 spiro atoms. The molecule has 1 atom stereocenters. The Bertz CT molecular complexity index is 881. The summed E-state index contributed by atoms with van der Waals surface area (Å²) in [6.45, 7) is 4.48. The number of piperazine rings is 1. The summed E-state index contributed by atoms with van der Waals surface area (Å²) in [6, 6.07) is 8.56. The van der Waals surface area contributed by atoms with E-state index in [2.05, 4.69) is 29.0 Å². The number of rotatable bonds is 3. The molecule has 2 aliphatic heterocycles. The number of hydrogen-bond donors (Lipinski definition) is 2. The van der Waals surface area contributed by atoms with Gasteiger partial charge in [0.1, 0.15) is 11.5 Å². The van der Waals surface area contributed by atoms with Gasteiger partial charge in [-0.2, -0.15) is 0 Å². The molecule has 6 nitrogen and oxygen atoms in total. The standard InChI is InChI=1S/C20H22ClN3O3/c1-22-4-6-23(7-5-22)14-2-3-15-13(8-14)11-24(12-25)20(15)16-9-17(21)19(27)10-18(16)26/h2-3,8-10,12,20,26-27H,4-7,11H2,1H3. The van der Waals surface area contributed by atoms with Crippen molar-refractivity contribution in [3.63, 3.8) is 0 Å². The Morgan fingerprint density at radius 2 is 1.78 bits per heavy atom. The van der Waals surface area contributed by atoms with Crippen LogP contribution in [0.1, 0.15) is 22.7 Å². The molecule has 2 N–H and O–H groups in total. The third-order valence-corrected chi connectivity index (χ3v) is 5.80. The average Bonchev–Trinajstić information content (AvgIpc) is 3.03. The number of likely N-dealkylation sites (N-methyl/N-ethyl adjacent to an activating group) is 1. The van der Waals surface area contributed by atoms with E-state index in [1.165, 1.54) is 12.1 Å². The normalized spacial score (nSPS) is 20.0. The zero-order chi connectivity index (χ0) is 19.1. The van der Waals surface area contributed by atoms with Gasteiger partial charge in [-0.05, 0) is 36.4 Å². The highest BCUT2D eigenvalue weighted by atomic mass is 35.5. The molecule has 2 aromatic rings. The zero-order valence-electron chi connectivity index (χ0n) is 15.1. The Morgan fingerprint density at radius 3 is 2.48 bits per heavy atom. The third kappa shape index (κ3) is 3.19. The van der Waals surface area contributed by atoms with Gasteiger partial charge in [0.15, 0.2) is 0 Å². The van der Waals surface area contributed by atoms with Crippen molar-refractivity contribution in [3.8, 4) is 11.5 Å². The van der Waals surface area contributed by atoms with Gasteiger partial charge in [-0.1, -0.05) is 17.7 Å². The van der Waals surface area contributed by atoms with Crippen LogP contribution in [0, 0.1) is 0 Å². The minimum Gasteiger partial charge on any atom is -0.507 e. The maximum atomic E-state index is 11.7. The lowest BCUT2D eigenvalue weighted by Gasteiger charge is -2.34. The Balaban J connectivity index is 1.70. The van der Waals surface area contributed by atoms with Gasteiger partial charge < -0.3 is 24.9 Å². The van der Waals surface area contributed by atoms with Crippen LogP contribution in [0.5, 0.6) is 11.5 Å². The predicted octanol–water partition coefficient (Wildman–Crippen LogP) is 2.56. The van der Waals surface area contributed by atoms with Crippen molar-refractivity contribution in [3.05, 3.63) is 52.0 Å². The van der Waals surface area contributed by atoms with Crippen LogP contribution in [-0.2, 0) is 11.3 Å². The van der Waals surface area contributed by atoms with Crippen LogP contribution in [-0.4, -0.2) is 59.6 Å². The molecule has 4 rings (SSSR count). The van der Waals surface area contributed by atoms with Gasteiger partial charge in [0.2, 0.25) is 6.41 Å². The first-order valence-corrected chi connectivity index (χ1v) is 9.34. The topological polar surface area (TPSA) is 67.2 Å². The number of phenols is 2. The molecule has 1 amide bonds. The quantitative estimate of drug-likeness (QED) is 0.792. The fourth-order valence-corrected chi connectivity index (χ4v) is 4.13. The monoisotopic (exact) mass is 387 g/mol. The third-order valence-electron chi connectivity index (χ3n) is 5.50. The largest absolute Gasteiger partial charge is 0.507 e. The first-order valence-electron chi connectivity index (χ1n) is 8.96. The van der Waals surface area contributed by atoms with E-state index in [4.69, 9.17) is 11.6 Å². The second kappa shape index (κ2) is 6.94. The van der Waals surface area contributed by atoms with Crippen molar-refractivity contribution in [1.82, 2.24) is 9.80 Å². The highest BCUT2D eigenvalue weighted by molar-refractivity contribution is 6.32. The minimum absolute atomic E-state index is 0.0789. The molecule has 0 aliphatic carbocycles. The molecule has 27 heavy (non-hydrogen) atoms. The molecule has 2 aromatic carbocycles. The van der Waals surface area contributed by atoms with Crippen molar-refractivity contribution in [2.45, 2.75) is 12.6 Å². The molecule has 1 fully saturated rings. The van der Waals surface area contributed by atoms with Crippen LogP contribution in [0.15, 0.2) is 30.3 Å². The van der Waals surface area contributed by atoms with Crippen molar-refractivity contribution < 1.29 is 15.0 Å². The number of carbonyl (C=O) groups excluding carboxylic acids is 1. The summed E-state index contributed by atoms with van der Waals surface area (Å²) in [5.74, 6) is -0.260. The van der Waals surface area contributed by atoms with Crippen molar-refractivity contribution >= 4 is 23.7 Å². The maximum Gasteiger partial charge on any atom is 0.210 e. The molecule has 1 unspecified atom stereocenters. The molecular weight excluding hydrogens is 366 g/mol. The Kier molecular flexibility index (Phi) is 4.61. The lowest BCUT2D eigenvalue weighted by Crippen LogP contribution is -2.44. The van der Waals surface area contributed by atoms with Gasteiger partial charge in [-0.15, -0.1) is 0 Å². The molecule has 142 valence electrons. The number of aromatic hydroxyl groups is 2. The molecular formula is C20H22ClN3O3. The van der Waals surface area contributed by atoms with Gasteiger partial charge >= 0.3 is 0 Å². The Morgan fingerprint density at radius 1 is 1.04 bits per heavy atom. The lowest BCUT2D eigenvalue weighted by atomic mass is 9.96. The first kappa shape index (κ1) is 17.9. The second-order valence-corrected chi connectivity index (χ2v) is 7.62. The van der Waals surface area contributed by atoms with E-state index in [1.54, 1.807) is 4.90 Å². The summed E-state index contributed by atoms with van der Waals surface area (Å²) >= 11 is 6.04. The second-order valence-electron chi connectivity index (χ2n) is 7.22. The number of phenolic OH excluding ortho intramolecular Hbond substituents is 2. The number of benzene rings is 2. The molecule has 0 aromatic heterocycles. The molecule has 7 heteroatoms. The molecule has 0 saturated carbocycles. The van der Waals surface area contributed by atoms with Crippen LogP contribution in [0.2, 0.25) is 5.02 Å². The summed E-state index contributed by atoms with van der Waals surface area (Å²) in [5.41, 5.74) is 3.70. The number of fused-ring (bicyclic) bond motifs is 1. The SMILES string of the molecule is CN1CCN(c2ccc3c(c2)CN(C=O)C3c2cc(Cl)c(O)cc2O)CC1. The van der Waals surface area contributed by atoms with Crippen LogP contribution in [0.3, 0.4) is 0 Å². The van der Waals surface area contributed by atoms with Gasteiger partial charge in [-0.25, -0.2) is 0 Å². The van der Waals surface area contributed by atoms with E-state index in [0.29, 0.717) is 12.1 Å². The van der Waals surface area contributed by atoms with Crippen molar-refractivity contribution in [1.29, 1.82) is 0 Å². The smallest absolute Gasteiger partial charge is 0.210 e. The van der Waals surface area contributed by atoms with E-state index >= 15 is 0 Å². The van der Waals surface area contributed by atoms with E-state index in [1.807, 2.05) is 6.07 Å². The number of amides is 1. The van der Waals surface area contributed by atoms with Gasteiger partial charge in [0.05, 0.1) is 11.1 Å². The number of anilines is 1. The van der Waals surface area contributed by atoms with Crippen LogP contribution in [0.25, 0.3) is 0 Å².